The first-order valence-electron chi connectivity index (χ1n) is 11.8. The molecule has 0 atom stereocenters. The van der Waals surface area contributed by atoms with Crippen LogP contribution in [0.5, 0.6) is 5.75 Å². The molecule has 2 aliphatic heterocycles. The Morgan fingerprint density at radius 2 is 1.69 bits per heavy atom. The van der Waals surface area contributed by atoms with E-state index in [2.05, 4.69) is 30.0 Å². The molecular weight excluding hydrogens is 503 g/mol. The Kier molecular flexibility index (Phi) is 7.00. The van der Waals surface area contributed by atoms with Crippen molar-refractivity contribution >= 4 is 46.4 Å². The molecule has 2 heterocycles. The first kappa shape index (κ1) is 24.5. The lowest BCUT2D eigenvalue weighted by Crippen LogP contribution is -2.46. The lowest BCUT2D eigenvalue weighted by atomic mass is 9.74. The first-order valence-corrected chi connectivity index (χ1v) is 12.9. The minimum absolute atomic E-state index is 0.00548. The number of ether oxygens (including phenoxy) is 1. The maximum absolute atomic E-state index is 13.3. The summed E-state index contributed by atoms with van der Waals surface area (Å²) < 4.78 is 5.77. The van der Waals surface area contributed by atoms with Gasteiger partial charge in [0.2, 0.25) is 0 Å². The highest BCUT2D eigenvalue weighted by Gasteiger charge is 2.46. The molecule has 1 saturated heterocycles. The lowest BCUT2D eigenvalue weighted by Gasteiger charge is -2.40. The molecule has 0 saturated carbocycles. The molecule has 35 heavy (non-hydrogen) atoms. The number of nitrogens with zero attached hydrogens (tertiary/aromatic N) is 2. The molecule has 1 spiro atoms. The van der Waals surface area contributed by atoms with Crippen LogP contribution in [0.1, 0.15) is 29.5 Å². The van der Waals surface area contributed by atoms with Gasteiger partial charge in [-0.05, 0) is 86.4 Å². The highest BCUT2D eigenvalue weighted by molar-refractivity contribution is 6.42. The van der Waals surface area contributed by atoms with Crippen molar-refractivity contribution in [2.24, 2.45) is 0 Å². The summed E-state index contributed by atoms with van der Waals surface area (Å²) in [6.45, 7) is 5.55. The summed E-state index contributed by atoms with van der Waals surface area (Å²) in [5.74, 6) is 0.608. The predicted octanol–water partition coefficient (Wildman–Crippen LogP) is 6.91. The van der Waals surface area contributed by atoms with Gasteiger partial charge in [-0.3, -0.25) is 9.69 Å². The summed E-state index contributed by atoms with van der Waals surface area (Å²) >= 11 is 18.2. The van der Waals surface area contributed by atoms with E-state index in [0.717, 1.165) is 43.7 Å². The highest BCUT2D eigenvalue weighted by atomic mass is 35.5. The second-order valence-corrected chi connectivity index (χ2v) is 10.8. The van der Waals surface area contributed by atoms with E-state index in [4.69, 9.17) is 39.5 Å². The third-order valence-electron chi connectivity index (χ3n) is 7.16. The number of carbonyl (C=O) groups is 1. The van der Waals surface area contributed by atoms with Gasteiger partial charge in [-0.25, -0.2) is 0 Å². The quantitative estimate of drug-likeness (QED) is 0.360. The van der Waals surface area contributed by atoms with Crippen molar-refractivity contribution in [3.63, 3.8) is 0 Å². The van der Waals surface area contributed by atoms with E-state index in [-0.39, 0.29) is 17.9 Å². The smallest absolute Gasteiger partial charge is 0.264 e. The maximum Gasteiger partial charge on any atom is 0.264 e. The van der Waals surface area contributed by atoms with Crippen LogP contribution in [0.25, 0.3) is 0 Å². The van der Waals surface area contributed by atoms with Crippen molar-refractivity contribution in [1.29, 1.82) is 0 Å². The fourth-order valence-electron chi connectivity index (χ4n) is 5.22. The van der Waals surface area contributed by atoms with E-state index in [9.17, 15) is 4.79 Å². The summed E-state index contributed by atoms with van der Waals surface area (Å²) in [4.78, 5) is 17.6. The molecule has 2 aliphatic rings. The van der Waals surface area contributed by atoms with Crippen LogP contribution in [-0.2, 0) is 16.8 Å². The van der Waals surface area contributed by atoms with E-state index in [1.165, 1.54) is 11.1 Å². The number of rotatable bonds is 5. The Balaban J connectivity index is 1.29. The lowest BCUT2D eigenvalue weighted by molar-refractivity contribution is -0.120. The minimum atomic E-state index is -0.0363. The number of amides is 1. The summed E-state index contributed by atoms with van der Waals surface area (Å²) in [5.41, 5.74) is 4.64. The summed E-state index contributed by atoms with van der Waals surface area (Å²) in [6, 6.07) is 19.3. The van der Waals surface area contributed by atoms with Crippen molar-refractivity contribution < 1.29 is 9.53 Å². The molecule has 4 nitrogen and oxygen atoms in total. The van der Waals surface area contributed by atoms with E-state index in [0.29, 0.717) is 27.4 Å². The molecule has 0 aliphatic carbocycles. The third kappa shape index (κ3) is 5.17. The normalized spacial score (nSPS) is 17.0. The summed E-state index contributed by atoms with van der Waals surface area (Å²) in [7, 11) is 0. The van der Waals surface area contributed by atoms with Gasteiger partial charge in [0.25, 0.3) is 5.91 Å². The number of halogens is 3. The summed E-state index contributed by atoms with van der Waals surface area (Å²) in [5, 5.41) is 1.81. The number of fused-ring (bicyclic) bond motifs is 2. The van der Waals surface area contributed by atoms with Gasteiger partial charge >= 0.3 is 0 Å². The Morgan fingerprint density at radius 1 is 0.943 bits per heavy atom. The number of benzene rings is 3. The van der Waals surface area contributed by atoms with E-state index in [1.807, 2.05) is 23.1 Å². The fourth-order valence-corrected chi connectivity index (χ4v) is 5.67. The number of hydrogen-bond donors (Lipinski definition) is 0. The van der Waals surface area contributed by atoms with Crippen LogP contribution in [0.2, 0.25) is 15.1 Å². The fraction of sp³-hybridized carbons (Fsp3) is 0.321. The van der Waals surface area contributed by atoms with Crippen LogP contribution in [0.4, 0.5) is 5.69 Å². The molecule has 1 amide bonds. The van der Waals surface area contributed by atoms with Crippen molar-refractivity contribution in [2.45, 2.75) is 31.7 Å². The summed E-state index contributed by atoms with van der Waals surface area (Å²) in [6.07, 6.45) is 1.99. The van der Waals surface area contributed by atoms with Crippen LogP contribution in [0.15, 0.2) is 60.7 Å². The molecule has 0 unspecified atom stereocenters. The second-order valence-electron chi connectivity index (χ2n) is 9.55. The molecule has 1 fully saturated rings. The SMILES string of the molecule is Cc1ccc2c(c1)C1(CCN(Cc3ccc(Cl)c(Cl)c3)CC1)CN2C(=O)COc1ccc(Cl)cc1. The molecule has 3 aromatic carbocycles. The number of likely N-dealkylation sites (tertiary alicyclic amines) is 1. The van der Waals surface area contributed by atoms with E-state index < -0.39 is 0 Å². The Bertz CT molecular complexity index is 1240. The van der Waals surface area contributed by atoms with Gasteiger partial charge < -0.3 is 9.64 Å². The van der Waals surface area contributed by atoms with E-state index >= 15 is 0 Å². The van der Waals surface area contributed by atoms with Crippen LogP contribution < -0.4 is 9.64 Å². The molecule has 0 N–H and O–H groups in total. The third-order valence-corrected chi connectivity index (χ3v) is 8.15. The second kappa shape index (κ2) is 10.0. The largest absolute Gasteiger partial charge is 0.484 e. The zero-order chi connectivity index (χ0) is 24.6. The number of anilines is 1. The Morgan fingerprint density at radius 3 is 2.40 bits per heavy atom. The van der Waals surface area contributed by atoms with Crippen LogP contribution >= 0.6 is 34.8 Å². The Labute approximate surface area is 221 Å². The molecular formula is C28H27Cl3N2O2. The average molecular weight is 530 g/mol. The van der Waals surface area contributed by atoms with Crippen molar-refractivity contribution in [2.75, 3.05) is 31.1 Å². The number of carbonyl (C=O) groups excluding carboxylic acids is 1. The molecule has 182 valence electrons. The monoisotopic (exact) mass is 528 g/mol. The number of piperidine rings is 1. The first-order chi connectivity index (χ1) is 16.8. The van der Waals surface area contributed by atoms with Gasteiger partial charge in [0.1, 0.15) is 5.75 Å². The molecule has 0 aromatic heterocycles. The minimum Gasteiger partial charge on any atom is -0.484 e. The highest BCUT2D eigenvalue weighted by Crippen LogP contribution is 2.47. The standard InChI is InChI=1S/C28H27Cl3N2O2/c1-19-2-9-26-23(14-19)28(18-33(26)27(34)17-35-22-6-4-21(29)5-7-22)10-12-32(13-11-28)16-20-3-8-24(30)25(31)15-20/h2-9,14-15H,10-13,16-18H2,1H3. The van der Waals surface area contributed by atoms with Crippen molar-refractivity contribution in [3.8, 4) is 5.75 Å². The molecule has 3 aromatic rings. The van der Waals surface area contributed by atoms with Crippen LogP contribution in [-0.4, -0.2) is 37.0 Å². The topological polar surface area (TPSA) is 32.8 Å². The van der Waals surface area contributed by atoms with Crippen LogP contribution in [0.3, 0.4) is 0 Å². The van der Waals surface area contributed by atoms with Gasteiger partial charge in [-0.2, -0.15) is 0 Å². The Hall–Kier alpha value is -2.24. The van der Waals surface area contributed by atoms with Gasteiger partial charge in [-0.1, -0.05) is 58.6 Å². The number of hydrogen-bond acceptors (Lipinski definition) is 3. The molecule has 7 heteroatoms. The van der Waals surface area contributed by atoms with Gasteiger partial charge in [-0.15, -0.1) is 0 Å². The zero-order valence-corrected chi connectivity index (χ0v) is 21.8. The zero-order valence-electron chi connectivity index (χ0n) is 19.6. The maximum atomic E-state index is 13.3. The molecule has 0 bridgehead atoms. The number of aryl methyl sites for hydroxylation is 1. The predicted molar refractivity (Wildman–Crippen MR) is 143 cm³/mol. The average Bonchev–Trinajstić information content (AvgIpc) is 3.16. The van der Waals surface area contributed by atoms with E-state index in [1.54, 1.807) is 24.3 Å². The van der Waals surface area contributed by atoms with Crippen LogP contribution in [0, 0.1) is 6.92 Å². The van der Waals surface area contributed by atoms with Gasteiger partial charge in [0.15, 0.2) is 6.61 Å². The molecule has 5 rings (SSSR count). The molecule has 0 radical (unpaired) electrons. The van der Waals surface area contributed by atoms with Gasteiger partial charge in [0.05, 0.1) is 10.0 Å². The van der Waals surface area contributed by atoms with Crippen molar-refractivity contribution in [3.05, 3.63) is 92.4 Å². The van der Waals surface area contributed by atoms with Gasteiger partial charge in [0, 0.05) is 29.2 Å². The van der Waals surface area contributed by atoms with Crippen molar-refractivity contribution in [1.82, 2.24) is 4.90 Å².